The van der Waals surface area contributed by atoms with Crippen molar-refractivity contribution in [1.29, 1.82) is 0 Å². The van der Waals surface area contributed by atoms with E-state index in [1.807, 2.05) is 0 Å². The minimum atomic E-state index is -0.496. The van der Waals surface area contributed by atoms with Crippen molar-refractivity contribution in [1.82, 2.24) is 5.01 Å². The van der Waals surface area contributed by atoms with E-state index in [4.69, 9.17) is 13.9 Å². The molecule has 0 radical (unpaired) electrons. The Morgan fingerprint density at radius 3 is 2.47 bits per heavy atom. The van der Waals surface area contributed by atoms with Gasteiger partial charge in [-0.2, -0.15) is 5.10 Å². The number of halogens is 1. The Bertz CT molecular complexity index is 1200. The van der Waals surface area contributed by atoms with Gasteiger partial charge in [0.1, 0.15) is 11.5 Å². The highest BCUT2D eigenvalue weighted by atomic mass is 79.9. The fourth-order valence-electron chi connectivity index (χ4n) is 3.49. The Balaban J connectivity index is 1.78. The van der Waals surface area contributed by atoms with Crippen molar-refractivity contribution < 1.29 is 23.6 Å². The molecule has 0 bridgehead atoms. The van der Waals surface area contributed by atoms with Gasteiger partial charge in [0.25, 0.3) is 5.69 Å². The summed E-state index contributed by atoms with van der Waals surface area (Å²) in [6.07, 6.45) is 0.338. The van der Waals surface area contributed by atoms with Crippen LogP contribution in [0, 0.1) is 10.1 Å². The van der Waals surface area contributed by atoms with Crippen LogP contribution in [-0.2, 0) is 0 Å². The van der Waals surface area contributed by atoms with E-state index in [1.54, 1.807) is 56.7 Å². The number of ether oxygens (including phenoxy) is 2. The molecule has 3 aromatic rings. The zero-order valence-electron chi connectivity index (χ0n) is 17.1. The maximum Gasteiger partial charge on any atom is 0.310 e. The quantitative estimate of drug-likeness (QED) is 0.350. The number of methoxy groups -OCH3 is 2. The number of nitro benzene ring substituents is 1. The molecule has 0 spiro atoms. The van der Waals surface area contributed by atoms with E-state index in [0.717, 1.165) is 5.56 Å². The number of nitro groups is 1. The van der Waals surface area contributed by atoms with Gasteiger partial charge in [0, 0.05) is 30.2 Å². The molecule has 10 heteroatoms. The minimum Gasteiger partial charge on any atom is -0.497 e. The highest BCUT2D eigenvalue weighted by Gasteiger charge is 2.35. The van der Waals surface area contributed by atoms with Gasteiger partial charge < -0.3 is 13.9 Å². The highest BCUT2D eigenvalue weighted by molar-refractivity contribution is 9.10. The fraction of sp³-hybridized carbons (Fsp3) is 0.182. The van der Waals surface area contributed by atoms with E-state index in [2.05, 4.69) is 21.0 Å². The lowest BCUT2D eigenvalue weighted by Crippen LogP contribution is -2.26. The topological polar surface area (TPSA) is 107 Å². The van der Waals surface area contributed by atoms with E-state index in [-0.39, 0.29) is 11.4 Å². The lowest BCUT2D eigenvalue weighted by atomic mass is 9.97. The van der Waals surface area contributed by atoms with Crippen LogP contribution in [0.1, 0.15) is 34.1 Å². The number of benzene rings is 2. The second kappa shape index (κ2) is 8.83. The summed E-state index contributed by atoms with van der Waals surface area (Å²) in [4.78, 5) is 24.0. The number of furan rings is 1. The molecule has 0 aliphatic carbocycles. The van der Waals surface area contributed by atoms with Crippen molar-refractivity contribution in [2.24, 2.45) is 5.10 Å². The molecule has 0 N–H and O–H groups in total. The summed E-state index contributed by atoms with van der Waals surface area (Å²) >= 11 is 3.21. The normalized spacial score (nSPS) is 15.4. The summed E-state index contributed by atoms with van der Waals surface area (Å²) < 4.78 is 16.6. The summed E-state index contributed by atoms with van der Waals surface area (Å²) in [5.41, 5.74) is 1.79. The molecule has 4 rings (SSSR count). The monoisotopic (exact) mass is 499 g/mol. The fourth-order valence-corrected chi connectivity index (χ4v) is 3.80. The molecule has 1 aliphatic rings. The summed E-state index contributed by atoms with van der Waals surface area (Å²) in [5, 5.41) is 17.1. The van der Waals surface area contributed by atoms with Crippen LogP contribution in [0.15, 0.2) is 68.8 Å². The number of hydrogen-bond donors (Lipinski definition) is 0. The van der Waals surface area contributed by atoms with Crippen LogP contribution in [0.2, 0.25) is 0 Å². The number of carbonyl (C=O) groups excluding carboxylic acids is 1. The van der Waals surface area contributed by atoms with Gasteiger partial charge >= 0.3 is 5.91 Å². The molecule has 0 saturated carbocycles. The summed E-state index contributed by atoms with van der Waals surface area (Å²) in [5.74, 6) is 0.802. The number of amides is 1. The van der Waals surface area contributed by atoms with Crippen LogP contribution in [0.5, 0.6) is 11.5 Å². The first-order valence-corrected chi connectivity index (χ1v) is 10.3. The van der Waals surface area contributed by atoms with Crippen LogP contribution in [0.4, 0.5) is 5.69 Å². The molecule has 1 amide bonds. The Labute approximate surface area is 191 Å². The third-order valence-corrected chi connectivity index (χ3v) is 5.48. The number of hydrazone groups is 1. The zero-order chi connectivity index (χ0) is 22.8. The molecule has 9 nitrogen and oxygen atoms in total. The molecule has 0 fully saturated rings. The molecule has 0 unspecified atom stereocenters. The number of nitrogens with zero attached hydrogens (tertiary/aromatic N) is 3. The molecule has 1 aliphatic heterocycles. The van der Waals surface area contributed by atoms with Crippen LogP contribution >= 0.6 is 15.9 Å². The molecule has 2 aromatic carbocycles. The molecule has 2 heterocycles. The predicted molar refractivity (Wildman–Crippen MR) is 119 cm³/mol. The minimum absolute atomic E-state index is 0.0514. The van der Waals surface area contributed by atoms with Gasteiger partial charge in [0.15, 0.2) is 10.4 Å². The maximum absolute atomic E-state index is 13.2. The van der Waals surface area contributed by atoms with Crippen LogP contribution < -0.4 is 9.47 Å². The molecule has 164 valence electrons. The highest BCUT2D eigenvalue weighted by Crippen LogP contribution is 2.38. The number of non-ortho nitro benzene ring substituents is 1. The number of hydrogen-bond acceptors (Lipinski definition) is 7. The van der Waals surface area contributed by atoms with Gasteiger partial charge in [-0.3, -0.25) is 14.9 Å². The standard InChI is InChI=1S/C22H18BrN3O6/c1-30-16-9-14(10-17(11-16)31-2)19-12-18(13-4-3-5-15(8-13)26(28)29)24-25(19)22(27)20-6-7-21(23)32-20/h3-11,19H,12H2,1-2H3/t19-/m1/s1. The first-order valence-electron chi connectivity index (χ1n) is 9.53. The van der Waals surface area contributed by atoms with Crippen molar-refractivity contribution in [3.63, 3.8) is 0 Å². The van der Waals surface area contributed by atoms with Gasteiger partial charge in [-0.15, -0.1) is 0 Å². The molecule has 1 aromatic heterocycles. The SMILES string of the molecule is COc1cc(OC)cc([C@H]2CC(c3cccc([N+](=O)[O-])c3)=NN2C(=O)c2ccc(Br)o2)c1. The van der Waals surface area contributed by atoms with E-state index >= 15 is 0 Å². The Morgan fingerprint density at radius 2 is 1.88 bits per heavy atom. The summed E-state index contributed by atoms with van der Waals surface area (Å²) in [7, 11) is 3.09. The molecule has 1 atom stereocenters. The number of carbonyl (C=O) groups is 1. The van der Waals surface area contributed by atoms with Crippen molar-refractivity contribution >= 4 is 33.2 Å². The summed E-state index contributed by atoms with van der Waals surface area (Å²) in [6, 6.07) is 14.2. The van der Waals surface area contributed by atoms with Crippen LogP contribution in [0.25, 0.3) is 0 Å². The molecule has 0 saturated heterocycles. The Kier molecular flexibility index (Phi) is 5.95. The van der Waals surface area contributed by atoms with Gasteiger partial charge in [0.05, 0.1) is 30.9 Å². The Morgan fingerprint density at radius 1 is 1.16 bits per heavy atom. The lowest BCUT2D eigenvalue weighted by Gasteiger charge is -2.22. The van der Waals surface area contributed by atoms with E-state index in [1.165, 1.54) is 17.1 Å². The Hall–Kier alpha value is -3.66. The smallest absolute Gasteiger partial charge is 0.310 e. The third-order valence-electron chi connectivity index (χ3n) is 5.05. The summed E-state index contributed by atoms with van der Waals surface area (Å²) in [6.45, 7) is 0. The van der Waals surface area contributed by atoms with Gasteiger partial charge in [0.2, 0.25) is 0 Å². The number of rotatable bonds is 6. The van der Waals surface area contributed by atoms with Gasteiger partial charge in [-0.25, -0.2) is 5.01 Å². The predicted octanol–water partition coefficient (Wildman–Crippen LogP) is 4.96. The van der Waals surface area contributed by atoms with Gasteiger partial charge in [-0.05, 0) is 45.8 Å². The van der Waals surface area contributed by atoms with E-state index in [0.29, 0.717) is 33.9 Å². The van der Waals surface area contributed by atoms with Gasteiger partial charge in [-0.1, -0.05) is 12.1 Å². The van der Waals surface area contributed by atoms with E-state index in [9.17, 15) is 14.9 Å². The molecular weight excluding hydrogens is 482 g/mol. The largest absolute Gasteiger partial charge is 0.497 e. The molecular formula is C22H18BrN3O6. The second-order valence-electron chi connectivity index (χ2n) is 6.97. The van der Waals surface area contributed by atoms with Crippen molar-refractivity contribution in [2.75, 3.05) is 14.2 Å². The van der Waals surface area contributed by atoms with Crippen LogP contribution in [0.3, 0.4) is 0 Å². The molecule has 32 heavy (non-hydrogen) atoms. The van der Waals surface area contributed by atoms with E-state index < -0.39 is 16.9 Å². The lowest BCUT2D eigenvalue weighted by molar-refractivity contribution is -0.384. The average Bonchev–Trinajstić information content (AvgIpc) is 3.45. The first-order chi connectivity index (χ1) is 15.4. The second-order valence-corrected chi connectivity index (χ2v) is 7.76. The van der Waals surface area contributed by atoms with Crippen molar-refractivity contribution in [2.45, 2.75) is 12.5 Å². The maximum atomic E-state index is 13.2. The van der Waals surface area contributed by atoms with Crippen LogP contribution in [-0.4, -0.2) is 35.8 Å². The zero-order valence-corrected chi connectivity index (χ0v) is 18.7. The average molecular weight is 500 g/mol. The third kappa shape index (κ3) is 4.22. The van der Waals surface area contributed by atoms with Crippen molar-refractivity contribution in [3.05, 3.63) is 86.3 Å². The van der Waals surface area contributed by atoms with Crippen molar-refractivity contribution in [3.8, 4) is 11.5 Å². The first kappa shape index (κ1) is 21.6.